The van der Waals surface area contributed by atoms with Crippen molar-refractivity contribution < 1.29 is 0 Å². The van der Waals surface area contributed by atoms with E-state index in [4.69, 9.17) is 11.6 Å². The van der Waals surface area contributed by atoms with Crippen LogP contribution < -0.4 is 4.90 Å². The van der Waals surface area contributed by atoms with Gasteiger partial charge in [-0.2, -0.15) is 0 Å². The first-order chi connectivity index (χ1) is 7.24. The smallest absolute Gasteiger partial charge is 0.0505 e. The summed E-state index contributed by atoms with van der Waals surface area (Å²) in [5.41, 5.74) is 2.47. The highest BCUT2D eigenvalue weighted by Gasteiger charge is 2.23. The van der Waals surface area contributed by atoms with E-state index in [0.29, 0.717) is 11.9 Å². The van der Waals surface area contributed by atoms with Gasteiger partial charge in [0, 0.05) is 28.8 Å². The molecule has 0 bridgehead atoms. The van der Waals surface area contributed by atoms with E-state index in [-0.39, 0.29) is 0 Å². The standard InChI is InChI=1S/C12H15BrClN/c1-15(9-4-2-5-9)12-7-3-6-11(13)10(12)8-14/h3,6-7,9H,2,4-5,8H2,1H3. The number of alkyl halides is 1. The molecule has 3 heteroatoms. The molecule has 0 aromatic heterocycles. The molecule has 0 radical (unpaired) electrons. The molecule has 1 saturated carbocycles. The Morgan fingerprint density at radius 1 is 1.47 bits per heavy atom. The molecule has 1 aliphatic rings. The number of hydrogen-bond acceptors (Lipinski definition) is 1. The first kappa shape index (κ1) is 11.3. The largest absolute Gasteiger partial charge is 0.371 e. The van der Waals surface area contributed by atoms with Gasteiger partial charge in [0.25, 0.3) is 0 Å². The van der Waals surface area contributed by atoms with Gasteiger partial charge in [-0.25, -0.2) is 0 Å². The molecule has 15 heavy (non-hydrogen) atoms. The van der Waals surface area contributed by atoms with Crippen LogP contribution in [0.4, 0.5) is 5.69 Å². The topological polar surface area (TPSA) is 3.24 Å². The molecule has 0 heterocycles. The lowest BCUT2D eigenvalue weighted by atomic mass is 9.91. The summed E-state index contributed by atoms with van der Waals surface area (Å²) >= 11 is 9.54. The molecule has 0 unspecified atom stereocenters. The fourth-order valence-electron chi connectivity index (χ4n) is 1.98. The molecule has 0 aliphatic heterocycles. The van der Waals surface area contributed by atoms with E-state index < -0.39 is 0 Å². The van der Waals surface area contributed by atoms with Crippen molar-refractivity contribution in [2.45, 2.75) is 31.2 Å². The predicted octanol–water partition coefficient (Wildman–Crippen LogP) is 4.18. The highest BCUT2D eigenvalue weighted by molar-refractivity contribution is 9.10. The Balaban J connectivity index is 2.29. The van der Waals surface area contributed by atoms with Gasteiger partial charge in [0.15, 0.2) is 0 Å². The third-order valence-corrected chi connectivity index (χ3v) is 4.24. The van der Waals surface area contributed by atoms with Gasteiger partial charge in [-0.3, -0.25) is 0 Å². The molecule has 0 spiro atoms. The molecule has 1 fully saturated rings. The third kappa shape index (κ3) is 2.16. The second-order valence-corrected chi connectivity index (χ2v) is 5.19. The van der Waals surface area contributed by atoms with Gasteiger partial charge >= 0.3 is 0 Å². The third-order valence-electron chi connectivity index (χ3n) is 3.23. The number of nitrogens with zero attached hydrogens (tertiary/aromatic N) is 1. The van der Waals surface area contributed by atoms with Crippen LogP contribution in [0.2, 0.25) is 0 Å². The summed E-state index contributed by atoms with van der Waals surface area (Å²) in [5, 5.41) is 0. The van der Waals surface area contributed by atoms with Crippen molar-refractivity contribution in [3.8, 4) is 0 Å². The first-order valence-corrected chi connectivity index (χ1v) is 6.63. The Bertz CT molecular complexity index is 349. The van der Waals surface area contributed by atoms with Gasteiger partial charge in [-0.1, -0.05) is 22.0 Å². The fraction of sp³-hybridized carbons (Fsp3) is 0.500. The zero-order valence-electron chi connectivity index (χ0n) is 8.84. The second kappa shape index (κ2) is 4.75. The van der Waals surface area contributed by atoms with Crippen molar-refractivity contribution in [3.63, 3.8) is 0 Å². The monoisotopic (exact) mass is 287 g/mol. The maximum absolute atomic E-state index is 5.99. The van der Waals surface area contributed by atoms with Gasteiger partial charge in [0.2, 0.25) is 0 Å². The number of benzene rings is 1. The van der Waals surface area contributed by atoms with Crippen LogP contribution in [0.25, 0.3) is 0 Å². The van der Waals surface area contributed by atoms with Gasteiger partial charge in [0.1, 0.15) is 0 Å². The molecular formula is C12H15BrClN. The van der Waals surface area contributed by atoms with E-state index in [9.17, 15) is 0 Å². The zero-order chi connectivity index (χ0) is 10.8. The van der Waals surface area contributed by atoms with E-state index in [2.05, 4.69) is 46.1 Å². The van der Waals surface area contributed by atoms with E-state index >= 15 is 0 Å². The SMILES string of the molecule is CN(c1cccc(Br)c1CCl)C1CCC1. The van der Waals surface area contributed by atoms with Crippen LogP contribution in [0, 0.1) is 0 Å². The number of rotatable bonds is 3. The van der Waals surface area contributed by atoms with E-state index in [1.165, 1.54) is 30.5 Å². The van der Waals surface area contributed by atoms with Crippen LogP contribution in [0.3, 0.4) is 0 Å². The molecular weight excluding hydrogens is 273 g/mol. The summed E-state index contributed by atoms with van der Waals surface area (Å²) in [6.07, 6.45) is 3.98. The van der Waals surface area contributed by atoms with Crippen LogP contribution in [-0.2, 0) is 5.88 Å². The summed E-state index contributed by atoms with van der Waals surface area (Å²) < 4.78 is 1.11. The maximum Gasteiger partial charge on any atom is 0.0505 e. The molecule has 82 valence electrons. The molecule has 2 rings (SSSR count). The molecule has 0 N–H and O–H groups in total. The van der Waals surface area contributed by atoms with Crippen LogP contribution in [0.5, 0.6) is 0 Å². The second-order valence-electron chi connectivity index (χ2n) is 4.07. The lowest BCUT2D eigenvalue weighted by Gasteiger charge is -2.37. The van der Waals surface area contributed by atoms with E-state index in [1.54, 1.807) is 0 Å². The van der Waals surface area contributed by atoms with Crippen LogP contribution >= 0.6 is 27.5 Å². The highest BCUT2D eigenvalue weighted by Crippen LogP contribution is 2.34. The van der Waals surface area contributed by atoms with Crippen molar-refractivity contribution >= 4 is 33.2 Å². The lowest BCUT2D eigenvalue weighted by molar-refractivity contribution is 0.401. The van der Waals surface area contributed by atoms with Gasteiger partial charge < -0.3 is 4.90 Å². The fourth-order valence-corrected chi connectivity index (χ4v) is 2.92. The van der Waals surface area contributed by atoms with Crippen molar-refractivity contribution in [1.29, 1.82) is 0 Å². The molecule has 0 atom stereocenters. The van der Waals surface area contributed by atoms with Crippen molar-refractivity contribution in [2.75, 3.05) is 11.9 Å². The molecule has 1 aromatic carbocycles. The normalized spacial score (nSPS) is 16.2. The average Bonchev–Trinajstić information content (AvgIpc) is 2.14. The highest BCUT2D eigenvalue weighted by atomic mass is 79.9. The minimum atomic E-state index is 0.563. The minimum absolute atomic E-state index is 0.563. The predicted molar refractivity (Wildman–Crippen MR) is 69.7 cm³/mol. The van der Waals surface area contributed by atoms with Gasteiger partial charge in [-0.05, 0) is 31.4 Å². The summed E-state index contributed by atoms with van der Waals surface area (Å²) in [6.45, 7) is 0. The Hall–Kier alpha value is -0.210. The summed E-state index contributed by atoms with van der Waals surface area (Å²) in [6, 6.07) is 6.99. The summed E-state index contributed by atoms with van der Waals surface area (Å²) in [7, 11) is 2.17. The molecule has 0 saturated heterocycles. The van der Waals surface area contributed by atoms with Gasteiger partial charge in [-0.15, -0.1) is 11.6 Å². The Kier molecular flexibility index (Phi) is 3.57. The molecule has 1 nitrogen and oxygen atoms in total. The number of anilines is 1. The minimum Gasteiger partial charge on any atom is -0.371 e. The van der Waals surface area contributed by atoms with Crippen molar-refractivity contribution in [2.24, 2.45) is 0 Å². The van der Waals surface area contributed by atoms with Crippen molar-refractivity contribution in [3.05, 3.63) is 28.2 Å². The Labute approximate surface area is 105 Å². The van der Waals surface area contributed by atoms with Crippen LogP contribution in [0.1, 0.15) is 24.8 Å². The number of hydrogen-bond donors (Lipinski definition) is 0. The van der Waals surface area contributed by atoms with E-state index in [1.807, 2.05) is 0 Å². The lowest BCUT2D eigenvalue weighted by Crippen LogP contribution is -2.37. The number of halogens is 2. The Morgan fingerprint density at radius 3 is 2.73 bits per heavy atom. The zero-order valence-corrected chi connectivity index (χ0v) is 11.2. The first-order valence-electron chi connectivity index (χ1n) is 5.30. The molecule has 0 amide bonds. The Morgan fingerprint density at radius 2 is 2.20 bits per heavy atom. The van der Waals surface area contributed by atoms with Crippen molar-refractivity contribution in [1.82, 2.24) is 0 Å². The summed E-state index contributed by atoms with van der Waals surface area (Å²) in [5.74, 6) is 0.563. The molecule has 1 aromatic rings. The van der Waals surface area contributed by atoms with E-state index in [0.717, 1.165) is 4.47 Å². The van der Waals surface area contributed by atoms with Gasteiger partial charge in [0.05, 0.1) is 5.88 Å². The maximum atomic E-state index is 5.99. The quantitative estimate of drug-likeness (QED) is 0.754. The van der Waals surface area contributed by atoms with Crippen LogP contribution in [0.15, 0.2) is 22.7 Å². The molecule has 1 aliphatic carbocycles. The summed E-state index contributed by atoms with van der Waals surface area (Å²) in [4.78, 5) is 2.37. The average molecular weight is 289 g/mol. The van der Waals surface area contributed by atoms with Crippen LogP contribution in [-0.4, -0.2) is 13.1 Å².